The van der Waals surface area contributed by atoms with Crippen molar-refractivity contribution in [3.63, 3.8) is 0 Å². The number of hydrogen-bond acceptors (Lipinski definition) is 17. The zero-order chi connectivity index (χ0) is 67.0. The molecule has 1 unspecified atom stereocenters. The summed E-state index contributed by atoms with van der Waals surface area (Å²) in [5.74, 6) is -3.52. The average molecular weight is 1300 g/mol. The Morgan fingerprint density at radius 1 is 0.734 bits per heavy atom. The highest BCUT2D eigenvalue weighted by atomic mass is 16.6. The molecule has 8 rings (SSSR count). The third-order valence-corrected chi connectivity index (χ3v) is 16.3. The van der Waals surface area contributed by atoms with Crippen LogP contribution in [-0.4, -0.2) is 195 Å². The van der Waals surface area contributed by atoms with Crippen molar-refractivity contribution in [1.82, 2.24) is 40.6 Å². The Morgan fingerprint density at radius 3 is 2.06 bits per heavy atom. The van der Waals surface area contributed by atoms with Gasteiger partial charge in [-0.05, 0) is 83.4 Å². The molecule has 2 aromatic heterocycles. The zero-order valence-corrected chi connectivity index (χ0v) is 54.1. The number of hydrogen-bond donors (Lipinski definition) is 5. The second-order valence-electron chi connectivity index (χ2n) is 24.2. The van der Waals surface area contributed by atoms with Gasteiger partial charge < -0.3 is 79.6 Å². The van der Waals surface area contributed by atoms with Gasteiger partial charge in [-0.3, -0.25) is 38.5 Å². The first kappa shape index (κ1) is 70.9. The number of urea groups is 1. The number of nitrogens with zero attached hydrogens (tertiary/aromatic N) is 6. The zero-order valence-electron chi connectivity index (χ0n) is 54.1. The lowest BCUT2D eigenvalue weighted by atomic mass is 9.95. The number of alkyl carbamates (subject to hydrolysis) is 1. The number of primary amides is 1. The van der Waals surface area contributed by atoms with E-state index in [9.17, 15) is 43.2 Å². The number of amides is 8. The van der Waals surface area contributed by atoms with Gasteiger partial charge in [0.05, 0.1) is 95.5 Å². The van der Waals surface area contributed by atoms with E-state index in [-0.39, 0.29) is 123 Å². The Labute approximate surface area is 547 Å². The quantitative estimate of drug-likeness (QED) is 0.0299. The van der Waals surface area contributed by atoms with Gasteiger partial charge >= 0.3 is 18.1 Å². The van der Waals surface area contributed by atoms with Crippen LogP contribution in [0.5, 0.6) is 0 Å². The lowest BCUT2D eigenvalue weighted by Gasteiger charge is -2.39. The van der Waals surface area contributed by atoms with E-state index >= 15 is 0 Å². The first-order chi connectivity index (χ1) is 45.4. The summed E-state index contributed by atoms with van der Waals surface area (Å²) >= 11 is 0. The van der Waals surface area contributed by atoms with Crippen LogP contribution in [-0.2, 0) is 63.7 Å². The fourth-order valence-corrected chi connectivity index (χ4v) is 11.8. The van der Waals surface area contributed by atoms with Crippen molar-refractivity contribution in [2.24, 2.45) is 11.7 Å². The summed E-state index contributed by atoms with van der Waals surface area (Å²) in [4.78, 5) is 133. The highest BCUT2D eigenvalue weighted by Crippen LogP contribution is 2.33. The van der Waals surface area contributed by atoms with Crippen molar-refractivity contribution >= 4 is 69.8 Å². The summed E-state index contributed by atoms with van der Waals surface area (Å²) in [5, 5.41) is 13.4. The number of ether oxygens (including phenoxy) is 6. The van der Waals surface area contributed by atoms with Gasteiger partial charge in [-0.15, -0.1) is 0 Å². The topological polar surface area (TPSA) is 314 Å². The molecule has 3 aromatic carbocycles. The maximum atomic E-state index is 14.7. The number of nitrogens with one attached hydrogen (secondary N) is 4. The molecule has 0 saturated carbocycles. The van der Waals surface area contributed by atoms with Crippen molar-refractivity contribution in [3.05, 3.63) is 137 Å². The van der Waals surface area contributed by atoms with Gasteiger partial charge in [0.15, 0.2) is 0 Å². The van der Waals surface area contributed by atoms with Gasteiger partial charge in [-0.2, -0.15) is 0 Å². The number of pyridine rings is 2. The van der Waals surface area contributed by atoms with Crippen LogP contribution in [0.2, 0.25) is 0 Å². The number of esters is 1. The van der Waals surface area contributed by atoms with Crippen molar-refractivity contribution in [2.75, 3.05) is 109 Å². The van der Waals surface area contributed by atoms with Crippen LogP contribution in [0.25, 0.3) is 10.8 Å². The number of anilines is 2. The van der Waals surface area contributed by atoms with Crippen LogP contribution in [0.15, 0.2) is 120 Å². The van der Waals surface area contributed by atoms with Crippen molar-refractivity contribution in [2.45, 2.75) is 115 Å². The van der Waals surface area contributed by atoms with Gasteiger partial charge in [-0.1, -0.05) is 84.9 Å². The van der Waals surface area contributed by atoms with E-state index in [2.05, 4.69) is 37.2 Å². The molecule has 0 bridgehead atoms. The minimum Gasteiger partial charge on any atom is -0.465 e. The molecule has 3 aliphatic heterocycles. The number of piperidine rings is 1. The second kappa shape index (κ2) is 35.3. The average Bonchev–Trinajstić information content (AvgIpc) is 1.21. The summed E-state index contributed by atoms with van der Waals surface area (Å²) in [6.07, 6.45) is 6.33. The maximum Gasteiger partial charge on any atom is 0.408 e. The maximum absolute atomic E-state index is 14.7. The largest absolute Gasteiger partial charge is 0.465 e. The molecule has 6 N–H and O–H groups in total. The Kier molecular flexibility index (Phi) is 26.6. The number of aromatic nitrogens is 2. The number of rotatable bonds is 31. The lowest BCUT2D eigenvalue weighted by molar-refractivity contribution is -0.144. The van der Waals surface area contributed by atoms with Gasteiger partial charge in [-0.25, -0.2) is 9.59 Å². The van der Waals surface area contributed by atoms with E-state index in [4.69, 9.17) is 34.2 Å². The number of carbonyl (C=O) groups is 8. The molecule has 8 amide bonds. The van der Waals surface area contributed by atoms with E-state index in [1.807, 2.05) is 91.3 Å². The van der Waals surface area contributed by atoms with E-state index in [1.54, 1.807) is 38.7 Å². The van der Waals surface area contributed by atoms with E-state index < -0.39 is 83.1 Å². The summed E-state index contributed by atoms with van der Waals surface area (Å²) in [7, 11) is 0. The fourth-order valence-electron chi connectivity index (χ4n) is 11.8. The Morgan fingerprint density at radius 2 is 1.39 bits per heavy atom. The first-order valence-electron chi connectivity index (χ1n) is 32.3. The third-order valence-electron chi connectivity index (χ3n) is 16.3. The standard InChI is InChI=1S/C68H89N11O15/c1-5-93-60(82)46-77-44-52(23-27-59(77)81)78(64(85)50-20-14-30-75(43-50)57-42-70-41-49-19-12-13-21-53(49)57)32-34-90-36-38-92-40-39-91-37-35-89-33-29-71-66(87)76-31-28-51-22-25-56(79(51)65(86)55(45-76)73-67(88)94-68(2,3)4)63(84)72-54(24-26-58(69)80)62(83)74-61(47-15-8-6-9-16-47)48-17-10-7-11-18-48/h6-13,15-19,21,23,27,41-42,44,50-51,54-56,61H,5,14,20,22,24-26,28-40,43,45-46H2,1-4H3,(H2,69,80)(H,71,87)(H,72,84)(H,73,88)(H,74,83)/t50-,51+,54?,55-,56-/m0/s1. The van der Waals surface area contributed by atoms with Crippen LogP contribution in [0.1, 0.15) is 89.8 Å². The molecule has 506 valence electrons. The second-order valence-corrected chi connectivity index (χ2v) is 24.2. The fraction of sp³-hybridized carbons (Fsp3) is 0.500. The highest BCUT2D eigenvalue weighted by Gasteiger charge is 2.46. The SMILES string of the molecule is CCOC(=O)Cn1cc(N(CCOCCOCCOCCOCCNC(=O)N2CC[C@H]3CC[C@@H](C(=O)NC(CCC(N)=O)C(=O)NC(c4ccccc4)c4ccccc4)N3C(=O)[C@@H](NC(=O)OC(C)(C)C)C2)C(=O)[C@H]2CCCN(c3cncc4ccccc34)C2)ccc1=O. The minimum absolute atomic E-state index is 0.106. The molecule has 5 atom stereocenters. The molecule has 3 aliphatic rings. The van der Waals surface area contributed by atoms with Crippen LogP contribution in [0.4, 0.5) is 21.0 Å². The van der Waals surface area contributed by atoms with E-state index in [1.165, 1.54) is 26.6 Å². The highest BCUT2D eigenvalue weighted by molar-refractivity contribution is 5.98. The number of benzene rings is 3. The van der Waals surface area contributed by atoms with Crippen molar-refractivity contribution in [1.29, 1.82) is 0 Å². The number of nitrogens with two attached hydrogens (primary N) is 1. The Bertz CT molecular complexity index is 3360. The third kappa shape index (κ3) is 20.8. The molecule has 26 nitrogen and oxygen atoms in total. The molecule has 5 aromatic rings. The van der Waals surface area contributed by atoms with E-state index in [0.717, 1.165) is 40.6 Å². The molecule has 0 radical (unpaired) electrons. The molecule has 3 saturated heterocycles. The smallest absolute Gasteiger partial charge is 0.408 e. The van der Waals surface area contributed by atoms with Gasteiger partial charge in [0, 0.05) is 74.4 Å². The number of carbonyl (C=O) groups excluding carboxylic acids is 8. The Balaban J connectivity index is 0.763. The summed E-state index contributed by atoms with van der Waals surface area (Å²) in [6.45, 7) is 9.81. The predicted octanol–water partition coefficient (Wildman–Crippen LogP) is 4.60. The van der Waals surface area contributed by atoms with Gasteiger partial charge in [0.2, 0.25) is 29.5 Å². The van der Waals surface area contributed by atoms with Crippen molar-refractivity contribution < 1.29 is 66.8 Å². The van der Waals surface area contributed by atoms with Crippen LogP contribution in [0, 0.1) is 5.92 Å². The molecule has 3 fully saturated rings. The van der Waals surface area contributed by atoms with Crippen molar-refractivity contribution in [3.8, 4) is 0 Å². The first-order valence-corrected chi connectivity index (χ1v) is 32.3. The molecule has 0 aliphatic carbocycles. The minimum atomic E-state index is -1.32. The molecule has 5 heterocycles. The van der Waals surface area contributed by atoms with Crippen LogP contribution >= 0.6 is 0 Å². The molecule has 26 heteroatoms. The normalized spacial score (nSPS) is 17.7. The van der Waals surface area contributed by atoms with Gasteiger partial charge in [0.25, 0.3) is 5.56 Å². The van der Waals surface area contributed by atoms with Crippen LogP contribution < -0.4 is 42.4 Å². The van der Waals surface area contributed by atoms with Gasteiger partial charge in [0.1, 0.15) is 30.3 Å². The van der Waals surface area contributed by atoms with Crippen LogP contribution in [0.3, 0.4) is 0 Å². The molecule has 94 heavy (non-hydrogen) atoms. The number of fused-ring (bicyclic) bond motifs is 2. The summed E-state index contributed by atoms with van der Waals surface area (Å²) in [5.41, 5.74) is 7.20. The molecular formula is C68H89N11O15. The summed E-state index contributed by atoms with van der Waals surface area (Å²) in [6, 6.07) is 24.4. The molecule has 0 spiro atoms. The Hall–Kier alpha value is -8.98. The molecular weight excluding hydrogens is 1210 g/mol. The monoisotopic (exact) mass is 1300 g/mol. The van der Waals surface area contributed by atoms with E-state index in [0.29, 0.717) is 31.5 Å². The summed E-state index contributed by atoms with van der Waals surface area (Å²) < 4.78 is 34.9. The predicted molar refractivity (Wildman–Crippen MR) is 349 cm³/mol. The lowest BCUT2D eigenvalue weighted by Crippen LogP contribution is -2.62.